The predicted octanol–water partition coefficient (Wildman–Crippen LogP) is 3.48. The number of anilines is 2. The fourth-order valence-corrected chi connectivity index (χ4v) is 2.88. The van der Waals surface area contributed by atoms with Crippen LogP contribution in [-0.2, 0) is 0 Å². The van der Waals surface area contributed by atoms with E-state index >= 15 is 0 Å². The largest absolute Gasteiger partial charge is 0.360 e. The smallest absolute Gasteiger partial charge is 0.322 e. The van der Waals surface area contributed by atoms with Gasteiger partial charge >= 0.3 is 6.03 Å². The zero-order chi connectivity index (χ0) is 17.3. The average Bonchev–Trinajstić information content (AvgIpc) is 2.48. The van der Waals surface area contributed by atoms with Gasteiger partial charge in [0, 0.05) is 25.7 Å². The number of aryl methyl sites for hydroxylation is 1. The summed E-state index contributed by atoms with van der Waals surface area (Å²) < 4.78 is 0. The molecule has 6 nitrogen and oxygen atoms in total. The molecule has 1 aliphatic rings. The zero-order valence-electron chi connectivity index (χ0n) is 14.0. The van der Waals surface area contributed by atoms with E-state index in [0.29, 0.717) is 16.5 Å². The molecule has 1 unspecified atom stereocenters. The van der Waals surface area contributed by atoms with Crippen LogP contribution in [0.4, 0.5) is 16.3 Å². The average molecular weight is 346 g/mol. The first-order valence-corrected chi connectivity index (χ1v) is 8.18. The van der Waals surface area contributed by atoms with E-state index in [1.54, 1.807) is 0 Å². The molecule has 0 saturated carbocycles. The highest BCUT2D eigenvalue weighted by atomic mass is 35.5. The highest BCUT2D eigenvalue weighted by Crippen LogP contribution is 2.34. The van der Waals surface area contributed by atoms with Crippen molar-refractivity contribution in [3.8, 4) is 0 Å². The van der Waals surface area contributed by atoms with E-state index in [2.05, 4.69) is 15.5 Å². The number of urea groups is 1. The molecule has 0 aliphatic carbocycles. The van der Waals surface area contributed by atoms with Crippen LogP contribution < -0.4 is 10.2 Å². The number of hydrogen-bond donors (Lipinski definition) is 1. The lowest BCUT2D eigenvalue weighted by molar-refractivity contribution is 0.126. The molecule has 2 amide bonds. The maximum Gasteiger partial charge on any atom is 0.322 e. The monoisotopic (exact) mass is 345 g/mol. The third-order valence-electron chi connectivity index (χ3n) is 4.10. The van der Waals surface area contributed by atoms with Gasteiger partial charge in [-0.3, -0.25) is 0 Å². The fraction of sp³-hybridized carbons (Fsp3) is 0.353. The van der Waals surface area contributed by atoms with Gasteiger partial charge < -0.3 is 15.1 Å². The molecule has 0 radical (unpaired) electrons. The SMILES string of the molecule is Cc1cc(NC(=O)N2CCC2c2ccc(Cl)cc2)c(N(C)C)nn1. The van der Waals surface area contributed by atoms with E-state index in [4.69, 9.17) is 11.6 Å². The van der Waals surface area contributed by atoms with Gasteiger partial charge in [0.25, 0.3) is 0 Å². The maximum absolute atomic E-state index is 12.7. The Morgan fingerprint density at radius 3 is 2.58 bits per heavy atom. The van der Waals surface area contributed by atoms with Crippen molar-refractivity contribution in [2.24, 2.45) is 0 Å². The number of likely N-dealkylation sites (tertiary alicyclic amines) is 1. The third kappa shape index (κ3) is 3.28. The number of rotatable bonds is 3. The first-order chi connectivity index (χ1) is 11.5. The predicted molar refractivity (Wildman–Crippen MR) is 95.6 cm³/mol. The number of halogens is 1. The van der Waals surface area contributed by atoms with E-state index in [-0.39, 0.29) is 12.1 Å². The number of carbonyl (C=O) groups is 1. The van der Waals surface area contributed by atoms with Gasteiger partial charge in [-0.15, -0.1) is 5.10 Å². The van der Waals surface area contributed by atoms with Gasteiger partial charge in [-0.1, -0.05) is 23.7 Å². The van der Waals surface area contributed by atoms with Crippen LogP contribution in [0.1, 0.15) is 23.7 Å². The van der Waals surface area contributed by atoms with Gasteiger partial charge in [0.1, 0.15) is 0 Å². The Labute approximate surface area is 146 Å². The Morgan fingerprint density at radius 1 is 1.29 bits per heavy atom. The van der Waals surface area contributed by atoms with Crippen LogP contribution in [0.2, 0.25) is 5.02 Å². The molecule has 3 rings (SSSR count). The normalized spacial score (nSPS) is 16.5. The lowest BCUT2D eigenvalue weighted by Gasteiger charge is -2.41. The second-order valence-electron chi connectivity index (χ2n) is 6.10. The summed E-state index contributed by atoms with van der Waals surface area (Å²) in [5, 5.41) is 11.9. The van der Waals surface area contributed by atoms with Gasteiger partial charge in [-0.2, -0.15) is 5.10 Å². The first kappa shape index (κ1) is 16.5. The number of carbonyl (C=O) groups excluding carboxylic acids is 1. The molecule has 1 aliphatic heterocycles. The van der Waals surface area contributed by atoms with Crippen LogP contribution in [-0.4, -0.2) is 41.8 Å². The van der Waals surface area contributed by atoms with Crippen LogP contribution >= 0.6 is 11.6 Å². The van der Waals surface area contributed by atoms with Crippen molar-refractivity contribution in [2.45, 2.75) is 19.4 Å². The Morgan fingerprint density at radius 2 is 2.00 bits per heavy atom. The minimum absolute atomic E-state index is 0.0842. The molecule has 24 heavy (non-hydrogen) atoms. The molecule has 1 aromatic heterocycles. The van der Waals surface area contributed by atoms with Crippen molar-refractivity contribution in [1.82, 2.24) is 15.1 Å². The van der Waals surface area contributed by atoms with E-state index in [1.807, 2.05) is 61.2 Å². The van der Waals surface area contributed by atoms with E-state index in [0.717, 1.165) is 24.2 Å². The fourth-order valence-electron chi connectivity index (χ4n) is 2.75. The molecule has 2 heterocycles. The van der Waals surface area contributed by atoms with Crippen molar-refractivity contribution in [3.05, 3.63) is 46.6 Å². The number of nitrogens with one attached hydrogen (secondary N) is 1. The third-order valence-corrected chi connectivity index (χ3v) is 4.35. The number of aromatic nitrogens is 2. The summed E-state index contributed by atoms with van der Waals surface area (Å²) in [4.78, 5) is 16.3. The van der Waals surface area contributed by atoms with Crippen molar-refractivity contribution in [3.63, 3.8) is 0 Å². The van der Waals surface area contributed by atoms with Crippen LogP contribution in [0.5, 0.6) is 0 Å². The van der Waals surface area contributed by atoms with Crippen molar-refractivity contribution >= 4 is 29.1 Å². The number of hydrogen-bond acceptors (Lipinski definition) is 4. The Balaban J connectivity index is 1.76. The summed E-state index contributed by atoms with van der Waals surface area (Å²) in [6.45, 7) is 2.58. The summed E-state index contributed by atoms with van der Waals surface area (Å²) >= 11 is 5.94. The maximum atomic E-state index is 12.7. The summed E-state index contributed by atoms with van der Waals surface area (Å²) in [7, 11) is 3.74. The summed E-state index contributed by atoms with van der Waals surface area (Å²) in [6.07, 6.45) is 0.948. The van der Waals surface area contributed by atoms with Crippen LogP contribution in [0, 0.1) is 6.92 Å². The first-order valence-electron chi connectivity index (χ1n) is 7.80. The molecule has 0 spiro atoms. The minimum atomic E-state index is -0.128. The highest BCUT2D eigenvalue weighted by molar-refractivity contribution is 6.30. The Kier molecular flexibility index (Phi) is 4.57. The van der Waals surface area contributed by atoms with Crippen molar-refractivity contribution in [1.29, 1.82) is 0 Å². The van der Waals surface area contributed by atoms with Crippen LogP contribution in [0.3, 0.4) is 0 Å². The zero-order valence-corrected chi connectivity index (χ0v) is 14.7. The van der Waals surface area contributed by atoms with Crippen molar-refractivity contribution < 1.29 is 4.79 Å². The Hall–Kier alpha value is -2.34. The second-order valence-corrected chi connectivity index (χ2v) is 6.53. The van der Waals surface area contributed by atoms with Crippen LogP contribution in [0.15, 0.2) is 30.3 Å². The van der Waals surface area contributed by atoms with Gasteiger partial charge in [0.2, 0.25) is 0 Å². The Bertz CT molecular complexity index is 747. The van der Waals surface area contributed by atoms with E-state index < -0.39 is 0 Å². The molecular weight excluding hydrogens is 326 g/mol. The molecule has 1 N–H and O–H groups in total. The molecule has 2 aromatic rings. The molecule has 7 heteroatoms. The quantitative estimate of drug-likeness (QED) is 0.925. The number of benzene rings is 1. The molecule has 1 fully saturated rings. The summed E-state index contributed by atoms with van der Waals surface area (Å²) in [5.41, 5.74) is 2.52. The highest BCUT2D eigenvalue weighted by Gasteiger charge is 2.33. The topological polar surface area (TPSA) is 61.4 Å². The molecule has 1 atom stereocenters. The number of amides is 2. The molecule has 126 valence electrons. The lowest BCUT2D eigenvalue weighted by Crippen LogP contribution is -2.47. The minimum Gasteiger partial charge on any atom is -0.360 e. The van der Waals surface area contributed by atoms with Crippen molar-refractivity contribution in [2.75, 3.05) is 30.9 Å². The molecule has 0 bridgehead atoms. The lowest BCUT2D eigenvalue weighted by atomic mass is 9.95. The van der Waals surface area contributed by atoms with Crippen LogP contribution in [0.25, 0.3) is 0 Å². The second kappa shape index (κ2) is 6.65. The van der Waals surface area contributed by atoms with Gasteiger partial charge in [0.15, 0.2) is 5.82 Å². The summed E-state index contributed by atoms with van der Waals surface area (Å²) in [5.74, 6) is 0.637. The molecule has 1 aromatic carbocycles. The van der Waals surface area contributed by atoms with E-state index in [1.165, 1.54) is 0 Å². The van der Waals surface area contributed by atoms with Gasteiger partial charge in [-0.25, -0.2) is 4.79 Å². The van der Waals surface area contributed by atoms with Gasteiger partial charge in [0.05, 0.1) is 17.4 Å². The number of nitrogens with zero attached hydrogens (tertiary/aromatic N) is 4. The van der Waals surface area contributed by atoms with E-state index in [9.17, 15) is 4.79 Å². The molecule has 1 saturated heterocycles. The summed E-state index contributed by atoms with van der Waals surface area (Å²) in [6, 6.07) is 9.43. The standard InChI is InChI=1S/C17H20ClN5O/c1-11-10-14(16(21-20-11)22(2)3)19-17(24)23-9-8-15(23)12-4-6-13(18)7-5-12/h4-7,10,15H,8-9H2,1-3H3,(H,19,20,24). The van der Waals surface area contributed by atoms with Gasteiger partial charge in [-0.05, 0) is 37.1 Å². The molecular formula is C17H20ClN5O.